The molecule has 0 N–H and O–H groups in total. The number of hydrogen-bond donors (Lipinski definition) is 0. The second-order valence-electron chi connectivity index (χ2n) is 7.20. The number of ether oxygens (including phenoxy) is 3. The van der Waals surface area contributed by atoms with Crippen LogP contribution >= 0.6 is 0 Å². The van der Waals surface area contributed by atoms with Crippen molar-refractivity contribution < 1.29 is 19.0 Å². The fourth-order valence-corrected chi connectivity index (χ4v) is 2.92. The van der Waals surface area contributed by atoms with E-state index >= 15 is 0 Å². The molecule has 0 aliphatic heterocycles. The molecule has 0 atom stereocenters. The van der Waals surface area contributed by atoms with E-state index in [9.17, 15) is 4.79 Å². The lowest BCUT2D eigenvalue weighted by Crippen LogP contribution is -2.27. The monoisotopic (exact) mass is 342 g/mol. The number of imidazole rings is 1. The van der Waals surface area contributed by atoms with Crippen LogP contribution in [-0.2, 0) is 26.5 Å². The summed E-state index contributed by atoms with van der Waals surface area (Å²) in [5.41, 5.74) is -0.340. The van der Waals surface area contributed by atoms with Crippen molar-refractivity contribution in [3.63, 3.8) is 0 Å². The fourth-order valence-electron chi connectivity index (χ4n) is 2.16. The molecule has 0 aromatic carbocycles. The largest absolute Gasteiger partial charge is 0.464 e. The summed E-state index contributed by atoms with van der Waals surface area (Å²) in [5, 5.41) is 0. The molecule has 0 bridgehead atoms. The first-order chi connectivity index (χ1) is 10.6. The van der Waals surface area contributed by atoms with Crippen LogP contribution in [0.5, 0.6) is 0 Å². The Balaban J connectivity index is 2.90. The van der Waals surface area contributed by atoms with E-state index in [-0.39, 0.29) is 5.69 Å². The van der Waals surface area contributed by atoms with E-state index in [1.54, 1.807) is 6.20 Å². The van der Waals surface area contributed by atoms with Gasteiger partial charge in [0.1, 0.15) is 18.2 Å². The van der Waals surface area contributed by atoms with Crippen molar-refractivity contribution in [3.8, 4) is 0 Å². The van der Waals surface area contributed by atoms with E-state index in [0.29, 0.717) is 25.8 Å². The third-order valence-electron chi connectivity index (χ3n) is 3.44. The maximum atomic E-state index is 11.8. The van der Waals surface area contributed by atoms with Gasteiger partial charge in [-0.15, -0.1) is 0 Å². The number of carbonyl (C=O) groups excluding carboxylic acids is 1. The van der Waals surface area contributed by atoms with Gasteiger partial charge in [0.05, 0.1) is 7.11 Å². The summed E-state index contributed by atoms with van der Waals surface area (Å²) in [6.45, 7) is 14.3. The number of carbonyl (C=O) groups is 1. The maximum absolute atomic E-state index is 11.8. The topological polar surface area (TPSA) is 62.6 Å². The van der Waals surface area contributed by atoms with Gasteiger partial charge in [0.2, 0.25) is 0 Å². The van der Waals surface area contributed by atoms with Crippen LogP contribution in [0.1, 0.15) is 37.1 Å². The van der Waals surface area contributed by atoms with Gasteiger partial charge in [-0.2, -0.15) is 0 Å². The molecule has 0 amide bonds. The zero-order valence-corrected chi connectivity index (χ0v) is 16.4. The number of rotatable bonds is 9. The second-order valence-corrected chi connectivity index (χ2v) is 12.8. The molecule has 0 aliphatic rings. The SMILES string of the molecule is CCOC(C)(C)c1nc(C(=O)OC)cn1COCC[Si](C)(C)C. The number of methoxy groups -OCH3 is 1. The molecule has 1 aromatic heterocycles. The lowest BCUT2D eigenvalue weighted by molar-refractivity contribution is -0.0289. The standard InChI is InChI=1S/C16H30N2O4Si/c1-8-22-16(2,3)15-17-13(14(19)20-4)11-18(15)12-21-9-10-23(5,6)7/h11H,8-10,12H2,1-7H3. The van der Waals surface area contributed by atoms with Crippen molar-refractivity contribution in [3.05, 3.63) is 17.7 Å². The van der Waals surface area contributed by atoms with Gasteiger partial charge in [0.15, 0.2) is 5.69 Å². The van der Waals surface area contributed by atoms with Crippen LogP contribution in [0.25, 0.3) is 0 Å². The predicted molar refractivity (Wildman–Crippen MR) is 92.3 cm³/mol. The van der Waals surface area contributed by atoms with Crippen LogP contribution in [0.4, 0.5) is 0 Å². The van der Waals surface area contributed by atoms with Crippen LogP contribution in [0, 0.1) is 0 Å². The summed E-state index contributed by atoms with van der Waals surface area (Å²) < 4.78 is 18.1. The van der Waals surface area contributed by atoms with Gasteiger partial charge < -0.3 is 18.8 Å². The molecule has 23 heavy (non-hydrogen) atoms. The molecule has 0 fully saturated rings. The van der Waals surface area contributed by atoms with E-state index in [2.05, 4.69) is 24.6 Å². The van der Waals surface area contributed by atoms with Crippen molar-refractivity contribution in [1.29, 1.82) is 0 Å². The zero-order chi connectivity index (χ0) is 17.7. The van der Waals surface area contributed by atoms with Gasteiger partial charge in [0, 0.05) is 27.5 Å². The maximum Gasteiger partial charge on any atom is 0.358 e. The molecular formula is C16H30N2O4Si. The summed E-state index contributed by atoms with van der Waals surface area (Å²) in [6.07, 6.45) is 1.66. The number of esters is 1. The first-order valence-corrected chi connectivity index (χ1v) is 11.7. The lowest BCUT2D eigenvalue weighted by Gasteiger charge is -2.25. The Morgan fingerprint density at radius 1 is 1.35 bits per heavy atom. The Morgan fingerprint density at radius 3 is 2.52 bits per heavy atom. The quantitative estimate of drug-likeness (QED) is 0.391. The number of hydrogen-bond acceptors (Lipinski definition) is 5. The number of aromatic nitrogens is 2. The molecule has 0 saturated carbocycles. The Hall–Kier alpha value is -1.18. The molecule has 1 heterocycles. The van der Waals surface area contributed by atoms with Crippen LogP contribution in [-0.4, -0.2) is 43.9 Å². The Kier molecular flexibility index (Phi) is 6.97. The van der Waals surface area contributed by atoms with Crippen molar-refractivity contribution in [2.45, 2.75) is 58.8 Å². The summed E-state index contributed by atoms with van der Waals surface area (Å²) in [6, 6.07) is 1.09. The highest BCUT2D eigenvalue weighted by atomic mass is 28.3. The molecule has 1 aromatic rings. The van der Waals surface area contributed by atoms with E-state index in [1.165, 1.54) is 7.11 Å². The molecule has 0 radical (unpaired) electrons. The minimum absolute atomic E-state index is 0.268. The molecule has 7 heteroatoms. The van der Waals surface area contributed by atoms with Crippen molar-refractivity contribution in [2.75, 3.05) is 20.3 Å². The Morgan fingerprint density at radius 2 is 2.00 bits per heavy atom. The van der Waals surface area contributed by atoms with Gasteiger partial charge in [0.25, 0.3) is 0 Å². The van der Waals surface area contributed by atoms with Crippen LogP contribution in [0.2, 0.25) is 25.7 Å². The summed E-state index contributed by atoms with van der Waals surface area (Å²) in [7, 11) is 0.221. The van der Waals surface area contributed by atoms with Crippen molar-refractivity contribution in [1.82, 2.24) is 9.55 Å². The average Bonchev–Trinajstić information content (AvgIpc) is 2.86. The molecule has 1 rings (SSSR count). The molecule has 0 aliphatic carbocycles. The van der Waals surface area contributed by atoms with Crippen LogP contribution in [0.3, 0.4) is 0 Å². The van der Waals surface area contributed by atoms with Gasteiger partial charge >= 0.3 is 5.97 Å². The van der Waals surface area contributed by atoms with Gasteiger partial charge in [-0.05, 0) is 26.8 Å². The van der Waals surface area contributed by atoms with Crippen LogP contribution in [0.15, 0.2) is 6.20 Å². The van der Waals surface area contributed by atoms with Crippen molar-refractivity contribution >= 4 is 14.0 Å². The molecule has 132 valence electrons. The fraction of sp³-hybridized carbons (Fsp3) is 0.750. The third-order valence-corrected chi connectivity index (χ3v) is 5.15. The Bertz CT molecular complexity index is 521. The number of nitrogens with zero attached hydrogens (tertiary/aromatic N) is 2. The van der Waals surface area contributed by atoms with E-state index in [1.807, 2.05) is 25.3 Å². The molecule has 0 spiro atoms. The highest BCUT2D eigenvalue weighted by Crippen LogP contribution is 2.24. The van der Waals surface area contributed by atoms with Gasteiger partial charge in [-0.25, -0.2) is 9.78 Å². The molecule has 6 nitrogen and oxygen atoms in total. The van der Waals surface area contributed by atoms with E-state index in [0.717, 1.165) is 6.04 Å². The lowest BCUT2D eigenvalue weighted by atomic mass is 10.1. The summed E-state index contributed by atoms with van der Waals surface area (Å²) >= 11 is 0. The minimum Gasteiger partial charge on any atom is -0.464 e. The van der Waals surface area contributed by atoms with Crippen LogP contribution < -0.4 is 0 Å². The first kappa shape index (κ1) is 19.9. The Labute approximate surface area is 140 Å². The molecular weight excluding hydrogens is 312 g/mol. The molecule has 0 unspecified atom stereocenters. The zero-order valence-electron chi connectivity index (χ0n) is 15.4. The minimum atomic E-state index is -1.13. The van der Waals surface area contributed by atoms with Crippen molar-refractivity contribution in [2.24, 2.45) is 0 Å². The summed E-state index contributed by atoms with van der Waals surface area (Å²) in [5.74, 6) is 0.201. The highest BCUT2D eigenvalue weighted by molar-refractivity contribution is 6.76. The van der Waals surface area contributed by atoms with E-state index in [4.69, 9.17) is 14.2 Å². The normalized spacial score (nSPS) is 12.5. The van der Waals surface area contributed by atoms with E-state index < -0.39 is 19.6 Å². The first-order valence-electron chi connectivity index (χ1n) is 7.98. The second kappa shape index (κ2) is 8.08. The third kappa shape index (κ3) is 6.08. The summed E-state index contributed by atoms with van der Waals surface area (Å²) in [4.78, 5) is 16.1. The van der Waals surface area contributed by atoms with Gasteiger partial charge in [-0.1, -0.05) is 19.6 Å². The smallest absolute Gasteiger partial charge is 0.358 e. The molecule has 0 saturated heterocycles. The van der Waals surface area contributed by atoms with Gasteiger partial charge in [-0.3, -0.25) is 0 Å². The average molecular weight is 343 g/mol. The predicted octanol–water partition coefficient (Wildman–Crippen LogP) is 3.25. The highest BCUT2D eigenvalue weighted by Gasteiger charge is 2.29.